The van der Waals surface area contributed by atoms with Gasteiger partial charge in [-0.15, -0.1) is 0 Å². The summed E-state index contributed by atoms with van der Waals surface area (Å²) in [4.78, 5) is 28.0. The smallest absolute Gasteiger partial charge is 0.255 e. The SMILES string of the molecule is COc1cc(C(=O)NCc2nc3ccccc3n2C)cc(Cl)c1OCC(N)=O. The summed E-state index contributed by atoms with van der Waals surface area (Å²) in [6.07, 6.45) is 0. The van der Waals surface area contributed by atoms with Crippen LogP contribution in [0.2, 0.25) is 5.02 Å². The van der Waals surface area contributed by atoms with Crippen LogP contribution in [-0.2, 0) is 18.4 Å². The molecule has 0 bridgehead atoms. The number of methoxy groups -OCH3 is 1. The fourth-order valence-corrected chi connectivity index (χ4v) is 3.01. The van der Waals surface area contributed by atoms with Gasteiger partial charge in [0.15, 0.2) is 18.1 Å². The lowest BCUT2D eigenvalue weighted by atomic mass is 10.2. The number of aromatic nitrogens is 2. The van der Waals surface area contributed by atoms with Crippen LogP contribution in [0, 0.1) is 0 Å². The van der Waals surface area contributed by atoms with Crippen molar-refractivity contribution in [2.24, 2.45) is 12.8 Å². The van der Waals surface area contributed by atoms with Crippen molar-refractivity contribution in [2.45, 2.75) is 6.54 Å². The Morgan fingerprint density at radius 1 is 1.29 bits per heavy atom. The molecule has 0 aliphatic heterocycles. The molecule has 1 aromatic heterocycles. The summed E-state index contributed by atoms with van der Waals surface area (Å²) < 4.78 is 12.4. The fourth-order valence-electron chi connectivity index (χ4n) is 2.75. The third-order valence-corrected chi connectivity index (χ3v) is 4.42. The number of ether oxygens (including phenoxy) is 2. The van der Waals surface area contributed by atoms with Crippen LogP contribution in [0.5, 0.6) is 11.5 Å². The number of nitrogens with two attached hydrogens (primary N) is 1. The van der Waals surface area contributed by atoms with Gasteiger partial charge < -0.3 is 25.1 Å². The van der Waals surface area contributed by atoms with E-state index in [2.05, 4.69) is 10.3 Å². The third kappa shape index (κ3) is 4.01. The number of carbonyl (C=O) groups is 2. The summed E-state index contributed by atoms with van der Waals surface area (Å²) in [5.41, 5.74) is 7.19. The molecular formula is C19H19ClN4O4. The summed E-state index contributed by atoms with van der Waals surface area (Å²) in [6.45, 7) is -0.113. The summed E-state index contributed by atoms with van der Waals surface area (Å²) in [5.74, 6) is 0.0848. The number of hydrogen-bond donors (Lipinski definition) is 2. The first-order valence-electron chi connectivity index (χ1n) is 8.38. The zero-order valence-corrected chi connectivity index (χ0v) is 16.1. The molecule has 0 radical (unpaired) electrons. The van der Waals surface area contributed by atoms with Crippen molar-refractivity contribution in [3.8, 4) is 11.5 Å². The summed E-state index contributed by atoms with van der Waals surface area (Å²) in [6, 6.07) is 10.6. The van der Waals surface area contributed by atoms with Crippen LogP contribution in [0.3, 0.4) is 0 Å². The van der Waals surface area contributed by atoms with Crippen LogP contribution in [-0.4, -0.2) is 35.1 Å². The van der Waals surface area contributed by atoms with Crippen molar-refractivity contribution in [3.63, 3.8) is 0 Å². The minimum Gasteiger partial charge on any atom is -0.493 e. The molecule has 9 heteroatoms. The van der Waals surface area contributed by atoms with Gasteiger partial charge in [0, 0.05) is 12.6 Å². The average Bonchev–Trinajstić information content (AvgIpc) is 3.00. The van der Waals surface area contributed by atoms with E-state index in [1.54, 1.807) is 0 Å². The molecule has 1 heterocycles. The highest BCUT2D eigenvalue weighted by Gasteiger charge is 2.17. The first-order valence-corrected chi connectivity index (χ1v) is 8.75. The van der Waals surface area contributed by atoms with Crippen LogP contribution in [0.25, 0.3) is 11.0 Å². The molecule has 0 fully saturated rings. The van der Waals surface area contributed by atoms with Crippen molar-refractivity contribution in [3.05, 3.63) is 52.8 Å². The molecule has 3 rings (SSSR count). The topological polar surface area (TPSA) is 108 Å². The van der Waals surface area contributed by atoms with Gasteiger partial charge in [0.2, 0.25) is 0 Å². The molecule has 28 heavy (non-hydrogen) atoms. The number of aryl methyl sites for hydroxylation is 1. The second-order valence-electron chi connectivity index (χ2n) is 6.00. The van der Waals surface area contributed by atoms with Crippen molar-refractivity contribution in [2.75, 3.05) is 13.7 Å². The zero-order valence-electron chi connectivity index (χ0n) is 15.4. The molecule has 0 saturated heterocycles. The third-order valence-electron chi connectivity index (χ3n) is 4.14. The zero-order chi connectivity index (χ0) is 20.3. The number of carbonyl (C=O) groups excluding carboxylic acids is 2. The quantitative estimate of drug-likeness (QED) is 0.628. The minimum absolute atomic E-state index is 0.133. The van der Waals surface area contributed by atoms with E-state index in [1.165, 1.54) is 19.2 Å². The number of benzene rings is 2. The van der Waals surface area contributed by atoms with Gasteiger partial charge in [-0.3, -0.25) is 9.59 Å². The number of primary amides is 1. The van der Waals surface area contributed by atoms with E-state index < -0.39 is 5.91 Å². The Morgan fingerprint density at radius 2 is 2.04 bits per heavy atom. The summed E-state index contributed by atoms with van der Waals surface area (Å²) in [7, 11) is 3.30. The minimum atomic E-state index is -0.651. The molecule has 0 spiro atoms. The molecule has 2 aromatic carbocycles. The lowest BCUT2D eigenvalue weighted by molar-refractivity contribution is -0.119. The van der Waals surface area contributed by atoms with Gasteiger partial charge in [0.1, 0.15) is 5.82 Å². The monoisotopic (exact) mass is 402 g/mol. The van der Waals surface area contributed by atoms with Gasteiger partial charge in [-0.2, -0.15) is 0 Å². The van der Waals surface area contributed by atoms with Gasteiger partial charge in [0.05, 0.1) is 29.7 Å². The number of hydrogen-bond acceptors (Lipinski definition) is 5. The summed E-state index contributed by atoms with van der Waals surface area (Å²) in [5, 5.41) is 2.95. The van der Waals surface area contributed by atoms with E-state index in [-0.39, 0.29) is 41.1 Å². The number of para-hydroxylation sites is 2. The molecule has 0 atom stereocenters. The van der Waals surface area contributed by atoms with E-state index in [0.717, 1.165) is 11.0 Å². The molecule has 8 nitrogen and oxygen atoms in total. The van der Waals surface area contributed by atoms with Crippen LogP contribution >= 0.6 is 11.6 Å². The molecule has 2 amide bonds. The first-order chi connectivity index (χ1) is 13.4. The lowest BCUT2D eigenvalue weighted by Gasteiger charge is -2.13. The van der Waals surface area contributed by atoms with Crippen LogP contribution in [0.15, 0.2) is 36.4 Å². The average molecular weight is 403 g/mol. The molecule has 0 aliphatic rings. The lowest BCUT2D eigenvalue weighted by Crippen LogP contribution is -2.24. The Labute approximate surface area is 166 Å². The molecule has 0 saturated carbocycles. The predicted molar refractivity (Wildman–Crippen MR) is 105 cm³/mol. The highest BCUT2D eigenvalue weighted by atomic mass is 35.5. The van der Waals surface area contributed by atoms with Crippen molar-refractivity contribution < 1.29 is 19.1 Å². The second-order valence-corrected chi connectivity index (χ2v) is 6.41. The Hall–Kier alpha value is -3.26. The van der Waals surface area contributed by atoms with E-state index in [0.29, 0.717) is 5.82 Å². The second kappa shape index (κ2) is 8.18. The standard InChI is InChI=1S/C19H19ClN4O4/c1-24-14-6-4-3-5-13(14)23-17(24)9-22-19(26)11-7-12(20)18(15(8-11)27-2)28-10-16(21)25/h3-8H,9-10H2,1-2H3,(H2,21,25)(H,22,26). The van der Waals surface area contributed by atoms with Crippen LogP contribution in [0.4, 0.5) is 0 Å². The number of nitrogens with zero attached hydrogens (tertiary/aromatic N) is 2. The van der Waals surface area contributed by atoms with E-state index in [9.17, 15) is 9.59 Å². The number of nitrogens with one attached hydrogen (secondary N) is 1. The Bertz CT molecular complexity index is 1050. The van der Waals surface area contributed by atoms with Crippen molar-refractivity contribution in [1.82, 2.24) is 14.9 Å². The maximum Gasteiger partial charge on any atom is 0.255 e. The molecule has 0 unspecified atom stereocenters. The molecular weight excluding hydrogens is 384 g/mol. The number of halogens is 1. The maximum atomic E-state index is 12.6. The van der Waals surface area contributed by atoms with Crippen LogP contribution in [0.1, 0.15) is 16.2 Å². The van der Waals surface area contributed by atoms with Gasteiger partial charge in [-0.05, 0) is 24.3 Å². The van der Waals surface area contributed by atoms with E-state index in [4.69, 9.17) is 26.8 Å². The van der Waals surface area contributed by atoms with Crippen molar-refractivity contribution >= 4 is 34.4 Å². The predicted octanol–water partition coefficient (Wildman–Crippen LogP) is 2.03. The number of imidazole rings is 1. The van der Waals surface area contributed by atoms with Crippen molar-refractivity contribution in [1.29, 1.82) is 0 Å². The van der Waals surface area contributed by atoms with Gasteiger partial charge >= 0.3 is 0 Å². The van der Waals surface area contributed by atoms with E-state index >= 15 is 0 Å². The molecule has 3 N–H and O–H groups in total. The Kier molecular flexibility index (Phi) is 5.70. The van der Waals surface area contributed by atoms with Gasteiger partial charge in [-0.25, -0.2) is 4.98 Å². The Balaban J connectivity index is 1.77. The number of fused-ring (bicyclic) bond motifs is 1. The Morgan fingerprint density at radius 3 is 2.71 bits per heavy atom. The molecule has 3 aromatic rings. The number of amides is 2. The van der Waals surface area contributed by atoms with Gasteiger partial charge in [0.25, 0.3) is 11.8 Å². The highest BCUT2D eigenvalue weighted by molar-refractivity contribution is 6.32. The maximum absolute atomic E-state index is 12.6. The largest absolute Gasteiger partial charge is 0.493 e. The molecule has 146 valence electrons. The van der Waals surface area contributed by atoms with Gasteiger partial charge in [-0.1, -0.05) is 23.7 Å². The summed E-state index contributed by atoms with van der Waals surface area (Å²) >= 11 is 6.18. The first kappa shape index (κ1) is 19.5. The molecule has 0 aliphatic carbocycles. The fraction of sp³-hybridized carbons (Fsp3) is 0.211. The van der Waals surface area contributed by atoms with Crippen LogP contribution < -0.4 is 20.5 Å². The van der Waals surface area contributed by atoms with E-state index in [1.807, 2.05) is 35.9 Å². The normalized spacial score (nSPS) is 10.7. The highest BCUT2D eigenvalue weighted by Crippen LogP contribution is 2.36. The number of rotatable bonds is 7.